The van der Waals surface area contributed by atoms with E-state index in [0.717, 1.165) is 42.1 Å². The number of thiol groups is 1. The van der Waals surface area contributed by atoms with Gasteiger partial charge in [0.1, 0.15) is 24.4 Å². The van der Waals surface area contributed by atoms with E-state index >= 15 is 14.4 Å². The van der Waals surface area contributed by atoms with Gasteiger partial charge in [-0.3, -0.25) is 72.3 Å². The number of rotatable bonds is 66. The van der Waals surface area contributed by atoms with E-state index in [2.05, 4.69) is 71.1 Å². The molecule has 0 aliphatic carbocycles. The maximum Gasteiger partial charge on any atom is 0.293 e. The number of H-pyrrole nitrogens is 2. The van der Waals surface area contributed by atoms with Crippen molar-refractivity contribution in [3.05, 3.63) is 126 Å². The number of aliphatic imine (C=N–C) groups is 2. The van der Waals surface area contributed by atoms with Crippen LogP contribution in [0.1, 0.15) is 241 Å². The van der Waals surface area contributed by atoms with Crippen molar-refractivity contribution in [1.82, 2.24) is 51.3 Å². The predicted molar refractivity (Wildman–Crippen MR) is 484 cm³/mol. The van der Waals surface area contributed by atoms with Crippen molar-refractivity contribution in [3.63, 3.8) is 0 Å². The highest BCUT2D eigenvalue weighted by Crippen LogP contribution is 2.33. The second-order valence-electron chi connectivity index (χ2n) is 33.0. The first-order chi connectivity index (χ1) is 60.3. The smallest absolute Gasteiger partial charge is 0.293 e. The van der Waals surface area contributed by atoms with Gasteiger partial charge in [0.15, 0.2) is 29.3 Å². The predicted octanol–water partition coefficient (Wildman–Crippen LogP) is 7.60. The average molecular weight is 1750 g/mol. The van der Waals surface area contributed by atoms with Crippen molar-refractivity contribution in [3.8, 4) is 0 Å². The number of nitrogens with zero attached hydrogens (tertiary/aromatic N) is 5. The van der Waals surface area contributed by atoms with Crippen LogP contribution in [0, 0.1) is 23.7 Å². The van der Waals surface area contributed by atoms with E-state index < -0.39 is 132 Å². The van der Waals surface area contributed by atoms with Gasteiger partial charge in [0.05, 0.1) is 43.6 Å². The van der Waals surface area contributed by atoms with E-state index in [1.807, 2.05) is 60.7 Å². The summed E-state index contributed by atoms with van der Waals surface area (Å²) in [4.78, 5) is 203. The number of carbonyl (C=O) groups excluding carboxylic acids is 13. The number of benzene rings is 3. The summed E-state index contributed by atoms with van der Waals surface area (Å²) in [5.41, 5.74) is 31.7. The Kier molecular flexibility index (Phi) is 48.1. The number of unbranched alkanes of at least 4 members (excludes halogenated alkanes) is 16. The molecule has 9 atom stereocenters. The van der Waals surface area contributed by atoms with Gasteiger partial charge in [-0.05, 0) is 93.9 Å². The van der Waals surface area contributed by atoms with E-state index in [0.29, 0.717) is 61.9 Å². The summed E-state index contributed by atoms with van der Waals surface area (Å²) in [6.45, 7) is 3.72. The average Bonchev–Trinajstić information content (AvgIpc) is 1.43. The van der Waals surface area contributed by atoms with Gasteiger partial charge in [-0.2, -0.15) is 12.6 Å². The molecule has 18 N–H and O–H groups in total. The minimum absolute atomic E-state index is 0.0392. The number of nitrogens with one attached hydrogen (secondary N) is 7. The molecular weight excluding hydrogens is 1620 g/mol. The molecule has 33 heteroatoms. The number of imidazole rings is 1. The molecule has 1 aliphatic rings. The summed E-state index contributed by atoms with van der Waals surface area (Å²) in [5.74, 6) is -12.3. The summed E-state index contributed by atoms with van der Waals surface area (Å²) in [7, 11) is 0. The van der Waals surface area contributed by atoms with Crippen LogP contribution >= 0.6 is 12.6 Å². The third-order valence-corrected chi connectivity index (χ3v) is 23.3. The topological polar surface area (TPSA) is 517 Å². The molecule has 1 aliphatic heterocycles. The molecule has 0 spiro atoms. The SMILES string of the molecule is CCCCCCCCCCCCCCCCNC(=O)CN(CC(N)=O)C(=O)CCCCCCC(=O)C(Cc1c[nH]c2ccccc12)NC(=O)C(CCCN=C(N)N)CC(=O)C(CS)NC(=O)C(CCCN=C(N)N)CC(=O)C1CCCN(C(=O)C(NC(=O)C(CC(=O)C(NC(=O)CCCOC=O)C(C)O)Cc2cnc[nH]2)C(c2ccccc2)c2ccccc2)C1. The number of Topliss-reactive ketones (excluding diaryl/α,β-unsaturated/α-hetero) is 4. The second kappa shape index (κ2) is 58.4. The number of ether oxygens (including phenoxy) is 1. The number of fused-ring (bicyclic) bond motifs is 1. The monoisotopic (exact) mass is 1750 g/mol. The van der Waals surface area contributed by atoms with Crippen LogP contribution in [0.4, 0.5) is 0 Å². The van der Waals surface area contributed by atoms with Crippen molar-refractivity contribution >= 4 is 112 Å². The maximum atomic E-state index is 15.8. The van der Waals surface area contributed by atoms with Crippen LogP contribution in [0.5, 0.6) is 0 Å². The third kappa shape index (κ3) is 38.7. The van der Waals surface area contributed by atoms with Gasteiger partial charge in [-0.1, -0.05) is 182 Å². The van der Waals surface area contributed by atoms with E-state index in [1.165, 1.54) is 93.5 Å². The quantitative estimate of drug-likeness (QED) is 0.00585. The Morgan fingerprint density at radius 3 is 1.74 bits per heavy atom. The highest BCUT2D eigenvalue weighted by Gasteiger charge is 2.42. The van der Waals surface area contributed by atoms with Gasteiger partial charge in [-0.15, -0.1) is 0 Å². The number of hydrogen-bond donors (Lipinski definition) is 14. The molecule has 1 fully saturated rings. The Labute approximate surface area is 740 Å². The minimum Gasteiger partial charge on any atom is -0.468 e. The number of aliphatic hydroxyl groups is 1. The fraction of sp³-hybridized carbons (Fsp3) is 0.587. The molecule has 0 radical (unpaired) electrons. The zero-order valence-corrected chi connectivity index (χ0v) is 74.0. The van der Waals surface area contributed by atoms with Gasteiger partial charge in [0.25, 0.3) is 6.47 Å². The van der Waals surface area contributed by atoms with E-state index in [9.17, 15) is 53.1 Å². The number of hydrogen-bond acceptors (Lipinski definition) is 19. The van der Waals surface area contributed by atoms with Crippen molar-refractivity contribution in [2.45, 2.75) is 262 Å². The fourth-order valence-electron chi connectivity index (χ4n) is 16.0. The number of guanidine groups is 2. The normalized spacial score (nSPS) is 14.5. The largest absolute Gasteiger partial charge is 0.468 e. The lowest BCUT2D eigenvalue weighted by Crippen LogP contribution is -2.56. The molecule has 1 saturated heterocycles. The number of para-hydroxylation sites is 1. The van der Waals surface area contributed by atoms with Crippen molar-refractivity contribution in [2.75, 3.05) is 58.2 Å². The molecule has 3 heterocycles. The number of carbonyl (C=O) groups is 13. The molecular formula is C92H137N17O15S. The lowest BCUT2D eigenvalue weighted by molar-refractivity contribution is -0.141. The Balaban J connectivity index is 1.13. The maximum absolute atomic E-state index is 15.8. The highest BCUT2D eigenvalue weighted by atomic mass is 32.1. The summed E-state index contributed by atoms with van der Waals surface area (Å²) >= 11 is 4.54. The number of piperidine rings is 1. The van der Waals surface area contributed by atoms with Crippen LogP contribution in [0.25, 0.3) is 10.9 Å². The number of nitrogens with two attached hydrogens (primary N) is 5. The van der Waals surface area contributed by atoms with Gasteiger partial charge in [-0.25, -0.2) is 4.98 Å². The number of amides is 8. The van der Waals surface area contributed by atoms with E-state index in [4.69, 9.17) is 33.4 Å². The fourth-order valence-corrected chi connectivity index (χ4v) is 16.3. The van der Waals surface area contributed by atoms with E-state index in [1.54, 1.807) is 30.5 Å². The van der Waals surface area contributed by atoms with Crippen LogP contribution in [0.15, 0.2) is 114 Å². The number of primary amides is 1. The molecule has 0 bridgehead atoms. The van der Waals surface area contributed by atoms with Gasteiger partial charge >= 0.3 is 0 Å². The molecule has 3 aromatic carbocycles. The number of aromatic amines is 2. The number of aliphatic hydroxyl groups excluding tert-OH is 1. The van der Waals surface area contributed by atoms with Gasteiger partial charge in [0, 0.05) is 143 Å². The summed E-state index contributed by atoms with van der Waals surface area (Å²) in [5, 5.41) is 26.0. The minimum atomic E-state index is -1.45. The highest BCUT2D eigenvalue weighted by molar-refractivity contribution is 7.80. The molecule has 686 valence electrons. The summed E-state index contributed by atoms with van der Waals surface area (Å²) < 4.78 is 4.70. The Morgan fingerprint density at radius 2 is 1.16 bits per heavy atom. The van der Waals surface area contributed by atoms with Gasteiger partial charge < -0.3 is 84.9 Å². The first-order valence-electron chi connectivity index (χ1n) is 44.8. The van der Waals surface area contributed by atoms with Crippen LogP contribution in [-0.2, 0) is 79.9 Å². The Hall–Kier alpha value is -10.8. The molecule has 9 unspecified atom stereocenters. The molecule has 125 heavy (non-hydrogen) atoms. The second-order valence-corrected chi connectivity index (χ2v) is 33.3. The van der Waals surface area contributed by atoms with E-state index in [-0.39, 0.29) is 152 Å². The molecule has 2 aromatic heterocycles. The molecule has 8 amide bonds. The standard InChI is InChI=1S/C92H137N17O15S/c1-3-4-5-6-7-8-9-10-11-12-13-14-17-28-45-99-82(118)59-109(58-80(93)116)83(119)44-25-16-15-24-42-76(112)74(51-70-55-102-73-41-27-26-40-72(70)73)104-87(120)67(38-30-47-101-92(96)97)53-78(114)75(60-125)105-88(121)66(37-29-46-100-91(94)95)52-77(113)68-39-31-48-108(57-68)90(123)86(84(64-33-20-18-21-34-64)65-35-22-19-23-36-65)107-89(122)69(50-71-56-98-61-103-71)54-79(115)85(63(2)111)106-81(117)43-32-49-124-62-110/h18-23,26-27,33-36,40-41,55-56,61-63,66-69,74-75,84-86,102,111,125H,3-17,24-25,28-32,37-39,42-54,57-60H2,1-2H3,(H2,93,116)(H,98,103)(H,99,118)(H,104,120)(H,105,121)(H,106,117)(H,107,122)(H4,94,95,100)(H4,96,97,101). The number of likely N-dealkylation sites (tertiary alicyclic amines) is 1. The summed E-state index contributed by atoms with van der Waals surface area (Å²) in [6.07, 6.45) is 22.1. The summed E-state index contributed by atoms with van der Waals surface area (Å²) in [6, 6.07) is 20.4. The van der Waals surface area contributed by atoms with Crippen LogP contribution in [-0.4, -0.2) is 207 Å². The zero-order chi connectivity index (χ0) is 90.7. The van der Waals surface area contributed by atoms with Crippen LogP contribution in [0.3, 0.4) is 0 Å². The Morgan fingerprint density at radius 1 is 0.600 bits per heavy atom. The zero-order valence-electron chi connectivity index (χ0n) is 73.1. The first kappa shape index (κ1) is 103. The Bertz CT molecular complexity index is 4180. The lowest BCUT2D eigenvalue weighted by atomic mass is 9.82. The van der Waals surface area contributed by atoms with Crippen molar-refractivity contribution in [1.29, 1.82) is 0 Å². The van der Waals surface area contributed by atoms with Crippen molar-refractivity contribution < 1.29 is 72.2 Å². The number of aromatic nitrogens is 3. The molecule has 32 nitrogen and oxygen atoms in total. The van der Waals surface area contributed by atoms with Crippen molar-refractivity contribution in [2.24, 2.45) is 62.3 Å². The first-order valence-corrected chi connectivity index (χ1v) is 45.4. The third-order valence-electron chi connectivity index (χ3n) is 22.9. The molecule has 0 saturated carbocycles. The van der Waals surface area contributed by atoms with Gasteiger partial charge in [0.2, 0.25) is 47.3 Å². The lowest BCUT2D eigenvalue weighted by Gasteiger charge is -2.38. The van der Waals surface area contributed by atoms with Crippen LogP contribution < -0.4 is 55.3 Å². The molecule has 5 aromatic rings. The van der Waals surface area contributed by atoms with Crippen LogP contribution in [0.2, 0.25) is 0 Å². The molecule has 6 rings (SSSR count). The number of ketones is 4.